The standard InChI is InChI=1S/C19H26N2O4S2/c20-11-12-21-18(23)16-9-4-5-10-17(16)19(26-14-6-13-22)27(24,25)15-7-2-1-3-8-15/h1-3,7-8,16-17,19,22H,4-6,9-10,12-14H2,(H,21,23)/t16-,17-,19?/m0/s1. The molecule has 0 saturated heterocycles. The van der Waals surface area contributed by atoms with Gasteiger partial charge in [-0.3, -0.25) is 4.79 Å². The molecule has 1 saturated carbocycles. The molecule has 1 aliphatic carbocycles. The zero-order valence-electron chi connectivity index (χ0n) is 15.2. The fraction of sp³-hybridized carbons (Fsp3) is 0.579. The number of hydrogen-bond donors (Lipinski definition) is 2. The fourth-order valence-electron chi connectivity index (χ4n) is 3.52. The van der Waals surface area contributed by atoms with Gasteiger partial charge in [0.25, 0.3) is 0 Å². The minimum atomic E-state index is -3.63. The molecule has 0 aliphatic heterocycles. The quantitative estimate of drug-likeness (QED) is 0.478. The van der Waals surface area contributed by atoms with E-state index in [9.17, 15) is 13.2 Å². The van der Waals surface area contributed by atoms with E-state index in [1.54, 1.807) is 30.3 Å². The number of carbonyl (C=O) groups excluding carboxylic acids is 1. The summed E-state index contributed by atoms with van der Waals surface area (Å²) in [5.74, 6) is -0.461. The topological polar surface area (TPSA) is 107 Å². The predicted molar refractivity (Wildman–Crippen MR) is 106 cm³/mol. The molecule has 1 unspecified atom stereocenters. The molecule has 1 aromatic carbocycles. The van der Waals surface area contributed by atoms with Gasteiger partial charge in [0.05, 0.1) is 11.0 Å². The molecular formula is C19H26N2O4S2. The van der Waals surface area contributed by atoms with Gasteiger partial charge in [-0.2, -0.15) is 5.26 Å². The first-order valence-electron chi connectivity index (χ1n) is 9.18. The molecule has 3 atom stereocenters. The van der Waals surface area contributed by atoms with Crippen molar-refractivity contribution in [1.29, 1.82) is 5.26 Å². The second-order valence-electron chi connectivity index (χ2n) is 6.61. The molecule has 0 bridgehead atoms. The number of amides is 1. The van der Waals surface area contributed by atoms with Crippen molar-refractivity contribution < 1.29 is 18.3 Å². The Labute approximate surface area is 165 Å². The number of aliphatic hydroxyl groups excluding tert-OH is 1. The number of aliphatic hydroxyl groups is 1. The van der Waals surface area contributed by atoms with Crippen LogP contribution in [0.5, 0.6) is 0 Å². The van der Waals surface area contributed by atoms with E-state index in [1.807, 2.05) is 6.07 Å². The fourth-order valence-corrected chi connectivity index (χ4v) is 7.55. The molecule has 0 radical (unpaired) electrons. The van der Waals surface area contributed by atoms with Gasteiger partial charge >= 0.3 is 0 Å². The highest BCUT2D eigenvalue weighted by Crippen LogP contribution is 2.41. The second kappa shape index (κ2) is 10.7. The molecule has 2 N–H and O–H groups in total. The highest BCUT2D eigenvalue weighted by Gasteiger charge is 2.42. The van der Waals surface area contributed by atoms with E-state index in [2.05, 4.69) is 5.32 Å². The van der Waals surface area contributed by atoms with Crippen LogP contribution in [0, 0.1) is 23.2 Å². The van der Waals surface area contributed by atoms with E-state index in [0.717, 1.165) is 12.8 Å². The van der Waals surface area contributed by atoms with Crippen LogP contribution in [-0.4, -0.2) is 42.9 Å². The maximum Gasteiger partial charge on any atom is 0.224 e. The summed E-state index contributed by atoms with van der Waals surface area (Å²) in [7, 11) is -3.63. The molecule has 6 nitrogen and oxygen atoms in total. The molecule has 0 aromatic heterocycles. The van der Waals surface area contributed by atoms with Gasteiger partial charge in [0, 0.05) is 12.5 Å². The first-order chi connectivity index (χ1) is 13.0. The van der Waals surface area contributed by atoms with E-state index >= 15 is 0 Å². The van der Waals surface area contributed by atoms with Gasteiger partial charge in [-0.25, -0.2) is 8.42 Å². The van der Waals surface area contributed by atoms with Crippen molar-refractivity contribution in [3.8, 4) is 6.07 Å². The number of sulfone groups is 1. The molecule has 8 heteroatoms. The van der Waals surface area contributed by atoms with Crippen molar-refractivity contribution in [3.63, 3.8) is 0 Å². The van der Waals surface area contributed by atoms with E-state index < -0.39 is 20.3 Å². The zero-order chi connectivity index (χ0) is 19.7. The van der Waals surface area contributed by atoms with Crippen LogP contribution in [0.4, 0.5) is 0 Å². The Bertz CT molecular complexity index is 747. The Balaban J connectivity index is 2.33. The van der Waals surface area contributed by atoms with Crippen LogP contribution in [0.25, 0.3) is 0 Å². The lowest BCUT2D eigenvalue weighted by Gasteiger charge is -2.35. The Hall–Kier alpha value is -1.56. The van der Waals surface area contributed by atoms with Gasteiger partial charge in [0.2, 0.25) is 5.91 Å². The van der Waals surface area contributed by atoms with Gasteiger partial charge < -0.3 is 10.4 Å². The van der Waals surface area contributed by atoms with E-state index in [-0.39, 0.29) is 29.9 Å². The van der Waals surface area contributed by atoms with Gasteiger partial charge in [-0.05, 0) is 43.1 Å². The molecule has 148 valence electrons. The van der Waals surface area contributed by atoms with Gasteiger partial charge in [0.15, 0.2) is 9.84 Å². The maximum atomic E-state index is 13.3. The van der Waals surface area contributed by atoms with Gasteiger partial charge in [-0.1, -0.05) is 31.0 Å². The van der Waals surface area contributed by atoms with Crippen molar-refractivity contribution in [2.24, 2.45) is 11.8 Å². The van der Waals surface area contributed by atoms with Crippen LogP contribution in [-0.2, 0) is 14.6 Å². The molecule has 2 rings (SSSR count). The average Bonchev–Trinajstić information content (AvgIpc) is 2.70. The number of nitrogens with one attached hydrogen (secondary N) is 1. The lowest BCUT2D eigenvalue weighted by Crippen LogP contribution is -2.43. The van der Waals surface area contributed by atoms with Crippen molar-refractivity contribution in [3.05, 3.63) is 30.3 Å². The Morgan fingerprint density at radius 1 is 1.30 bits per heavy atom. The Morgan fingerprint density at radius 3 is 2.67 bits per heavy atom. The van der Waals surface area contributed by atoms with Crippen LogP contribution in [0.1, 0.15) is 32.1 Å². The first-order valence-corrected chi connectivity index (χ1v) is 11.8. The number of hydrogen-bond acceptors (Lipinski definition) is 6. The average molecular weight is 411 g/mol. The van der Waals surface area contributed by atoms with Crippen LogP contribution < -0.4 is 5.32 Å². The van der Waals surface area contributed by atoms with Gasteiger partial charge in [0.1, 0.15) is 11.1 Å². The van der Waals surface area contributed by atoms with Crippen LogP contribution in [0.2, 0.25) is 0 Å². The molecule has 1 aromatic rings. The second-order valence-corrected chi connectivity index (χ2v) is 10.2. The minimum absolute atomic E-state index is 0.00184. The molecule has 1 fully saturated rings. The normalized spacial score (nSPS) is 21.2. The third kappa shape index (κ3) is 5.71. The highest BCUT2D eigenvalue weighted by molar-refractivity contribution is 8.13. The third-order valence-electron chi connectivity index (χ3n) is 4.81. The number of nitriles is 1. The summed E-state index contributed by atoms with van der Waals surface area (Å²) in [5, 5.41) is 20.4. The molecule has 0 heterocycles. The largest absolute Gasteiger partial charge is 0.396 e. The monoisotopic (exact) mass is 410 g/mol. The predicted octanol–water partition coefficient (Wildman–Crippen LogP) is 2.35. The molecule has 27 heavy (non-hydrogen) atoms. The SMILES string of the molecule is N#CCNC(=O)[C@H]1CCCC[C@@H]1C(SCCCO)S(=O)(=O)c1ccccc1. The number of nitrogens with zero attached hydrogens (tertiary/aromatic N) is 1. The summed E-state index contributed by atoms with van der Waals surface area (Å²) in [6.07, 6.45) is 3.55. The molecule has 0 spiro atoms. The van der Waals surface area contributed by atoms with Crippen LogP contribution in [0.15, 0.2) is 35.2 Å². The van der Waals surface area contributed by atoms with Crippen LogP contribution >= 0.6 is 11.8 Å². The molecule has 1 amide bonds. The molecular weight excluding hydrogens is 384 g/mol. The van der Waals surface area contributed by atoms with E-state index in [4.69, 9.17) is 10.4 Å². The number of thioether (sulfide) groups is 1. The Morgan fingerprint density at radius 2 is 2.00 bits per heavy atom. The summed E-state index contributed by atoms with van der Waals surface area (Å²) in [4.78, 5) is 12.8. The summed E-state index contributed by atoms with van der Waals surface area (Å²) >= 11 is 1.31. The van der Waals surface area contributed by atoms with Crippen molar-refractivity contribution >= 4 is 27.5 Å². The smallest absolute Gasteiger partial charge is 0.224 e. The van der Waals surface area contributed by atoms with E-state index in [1.165, 1.54) is 11.8 Å². The summed E-state index contributed by atoms with van der Waals surface area (Å²) < 4.78 is 25.9. The number of carbonyl (C=O) groups is 1. The summed E-state index contributed by atoms with van der Waals surface area (Å²) in [6.45, 7) is -0.0718. The lowest BCUT2D eigenvalue weighted by atomic mass is 9.79. The summed E-state index contributed by atoms with van der Waals surface area (Å²) in [5.41, 5.74) is 0. The van der Waals surface area contributed by atoms with Crippen molar-refractivity contribution in [2.75, 3.05) is 18.9 Å². The van der Waals surface area contributed by atoms with Crippen molar-refractivity contribution in [1.82, 2.24) is 5.32 Å². The van der Waals surface area contributed by atoms with Crippen molar-refractivity contribution in [2.45, 2.75) is 41.6 Å². The van der Waals surface area contributed by atoms with Gasteiger partial charge in [-0.15, -0.1) is 11.8 Å². The minimum Gasteiger partial charge on any atom is -0.396 e. The maximum absolute atomic E-state index is 13.3. The highest BCUT2D eigenvalue weighted by atomic mass is 32.3. The number of benzene rings is 1. The zero-order valence-corrected chi connectivity index (χ0v) is 16.8. The third-order valence-corrected chi connectivity index (χ3v) is 9.07. The van der Waals surface area contributed by atoms with Crippen LogP contribution in [0.3, 0.4) is 0 Å². The first kappa shape index (κ1) is 21.7. The lowest BCUT2D eigenvalue weighted by molar-refractivity contribution is -0.127. The number of rotatable bonds is 9. The molecule has 1 aliphatic rings. The summed E-state index contributed by atoms with van der Waals surface area (Å²) in [6, 6.07) is 10.2. The van der Waals surface area contributed by atoms with E-state index in [0.29, 0.717) is 25.0 Å². The Kier molecular flexibility index (Phi) is 8.61.